The lowest BCUT2D eigenvalue weighted by Gasteiger charge is -2.22. The zero-order chi connectivity index (χ0) is 14.8. The first kappa shape index (κ1) is 15.4. The summed E-state index contributed by atoms with van der Waals surface area (Å²) < 4.78 is 43.6. The standard InChI is InChI=1S/C14H17ClF3NO/c1-2-13-12(5-6-20-13)19-11-4-3-10(14(16,17)18)7-9(11)8-15/h3-4,7,12-13,19H,2,5-6,8H2,1H3. The van der Waals surface area contributed by atoms with E-state index in [2.05, 4.69) is 5.32 Å². The number of alkyl halides is 4. The number of halogens is 4. The maximum absolute atomic E-state index is 12.7. The van der Waals surface area contributed by atoms with Crippen molar-refractivity contribution in [1.82, 2.24) is 0 Å². The van der Waals surface area contributed by atoms with Gasteiger partial charge in [0.15, 0.2) is 0 Å². The molecule has 0 bridgehead atoms. The lowest BCUT2D eigenvalue weighted by atomic mass is 10.1. The van der Waals surface area contributed by atoms with Gasteiger partial charge >= 0.3 is 6.18 Å². The van der Waals surface area contributed by atoms with Crippen LogP contribution in [-0.2, 0) is 16.8 Å². The Morgan fingerprint density at radius 1 is 1.40 bits per heavy atom. The van der Waals surface area contributed by atoms with Gasteiger partial charge in [-0.1, -0.05) is 6.92 Å². The molecule has 0 amide bonds. The highest BCUT2D eigenvalue weighted by Crippen LogP contribution is 2.33. The van der Waals surface area contributed by atoms with Gasteiger partial charge in [0.1, 0.15) is 0 Å². The van der Waals surface area contributed by atoms with Crippen LogP contribution in [-0.4, -0.2) is 18.8 Å². The van der Waals surface area contributed by atoms with Crippen LogP contribution in [0.3, 0.4) is 0 Å². The summed E-state index contributed by atoms with van der Waals surface area (Å²) in [5, 5.41) is 3.26. The summed E-state index contributed by atoms with van der Waals surface area (Å²) in [5.41, 5.74) is 0.443. The van der Waals surface area contributed by atoms with Crippen LogP contribution in [0.25, 0.3) is 0 Å². The van der Waals surface area contributed by atoms with E-state index in [-0.39, 0.29) is 18.0 Å². The van der Waals surface area contributed by atoms with E-state index < -0.39 is 11.7 Å². The van der Waals surface area contributed by atoms with Gasteiger partial charge in [0.25, 0.3) is 0 Å². The van der Waals surface area contributed by atoms with Crippen LogP contribution in [0.4, 0.5) is 18.9 Å². The van der Waals surface area contributed by atoms with Gasteiger partial charge in [0.05, 0.1) is 17.7 Å². The Morgan fingerprint density at radius 2 is 2.15 bits per heavy atom. The van der Waals surface area contributed by atoms with Crippen molar-refractivity contribution in [3.8, 4) is 0 Å². The molecular formula is C14H17ClF3NO. The first-order valence-electron chi connectivity index (χ1n) is 6.60. The monoisotopic (exact) mass is 307 g/mol. The Hall–Kier alpha value is -0.940. The Morgan fingerprint density at radius 3 is 2.75 bits per heavy atom. The number of ether oxygens (including phenoxy) is 1. The van der Waals surface area contributed by atoms with Crippen LogP contribution in [0.2, 0.25) is 0 Å². The molecule has 1 aromatic rings. The average molecular weight is 308 g/mol. The molecule has 1 aliphatic heterocycles. The molecule has 0 aliphatic carbocycles. The van der Waals surface area contributed by atoms with Crippen molar-refractivity contribution in [2.24, 2.45) is 0 Å². The molecule has 0 saturated carbocycles. The van der Waals surface area contributed by atoms with E-state index >= 15 is 0 Å². The Labute approximate surface area is 121 Å². The SMILES string of the molecule is CCC1OCCC1Nc1ccc(C(F)(F)F)cc1CCl. The minimum Gasteiger partial charge on any atom is -0.379 e. The lowest BCUT2D eigenvalue weighted by Crippen LogP contribution is -2.29. The molecule has 2 atom stereocenters. The number of nitrogens with one attached hydrogen (secondary N) is 1. The predicted octanol–water partition coefficient (Wildman–Crippen LogP) is 4.42. The zero-order valence-electron chi connectivity index (χ0n) is 11.1. The quantitative estimate of drug-likeness (QED) is 0.831. The molecule has 6 heteroatoms. The van der Waals surface area contributed by atoms with E-state index in [1.165, 1.54) is 6.07 Å². The van der Waals surface area contributed by atoms with Gasteiger partial charge in [0.2, 0.25) is 0 Å². The van der Waals surface area contributed by atoms with Crippen LogP contribution >= 0.6 is 11.6 Å². The third-order valence-electron chi connectivity index (χ3n) is 3.53. The van der Waals surface area contributed by atoms with E-state index in [0.717, 1.165) is 25.0 Å². The fourth-order valence-electron chi connectivity index (χ4n) is 2.44. The maximum Gasteiger partial charge on any atom is 0.416 e. The van der Waals surface area contributed by atoms with E-state index in [1.54, 1.807) is 0 Å². The first-order chi connectivity index (χ1) is 9.45. The molecule has 1 heterocycles. The highest BCUT2D eigenvalue weighted by atomic mass is 35.5. The molecule has 1 aliphatic rings. The van der Waals surface area contributed by atoms with Gasteiger partial charge in [-0.25, -0.2) is 0 Å². The maximum atomic E-state index is 12.7. The second-order valence-electron chi connectivity index (χ2n) is 4.86. The van der Waals surface area contributed by atoms with Crippen molar-refractivity contribution in [2.75, 3.05) is 11.9 Å². The van der Waals surface area contributed by atoms with Gasteiger partial charge in [-0.15, -0.1) is 11.6 Å². The highest BCUT2D eigenvalue weighted by molar-refractivity contribution is 6.17. The smallest absolute Gasteiger partial charge is 0.379 e. The predicted molar refractivity (Wildman–Crippen MR) is 73.1 cm³/mol. The molecule has 1 aromatic carbocycles. The number of hydrogen-bond donors (Lipinski definition) is 1. The van der Waals surface area contributed by atoms with Gasteiger partial charge in [-0.2, -0.15) is 13.2 Å². The van der Waals surface area contributed by atoms with Crippen molar-refractivity contribution in [3.63, 3.8) is 0 Å². The molecule has 112 valence electrons. The molecule has 0 aromatic heterocycles. The van der Waals surface area contributed by atoms with E-state index in [4.69, 9.17) is 16.3 Å². The molecule has 2 rings (SSSR count). The van der Waals surface area contributed by atoms with Gasteiger partial charge in [-0.3, -0.25) is 0 Å². The van der Waals surface area contributed by atoms with Crippen molar-refractivity contribution >= 4 is 17.3 Å². The van der Waals surface area contributed by atoms with Crippen molar-refractivity contribution < 1.29 is 17.9 Å². The number of anilines is 1. The van der Waals surface area contributed by atoms with Gasteiger partial charge < -0.3 is 10.1 Å². The zero-order valence-corrected chi connectivity index (χ0v) is 11.9. The van der Waals surface area contributed by atoms with E-state index in [9.17, 15) is 13.2 Å². The van der Waals surface area contributed by atoms with Crippen molar-refractivity contribution in [2.45, 2.75) is 44.0 Å². The third kappa shape index (κ3) is 3.38. The molecule has 0 spiro atoms. The fraction of sp³-hybridized carbons (Fsp3) is 0.571. The van der Waals surface area contributed by atoms with Crippen LogP contribution in [0, 0.1) is 0 Å². The Balaban J connectivity index is 2.19. The van der Waals surface area contributed by atoms with E-state index in [0.29, 0.717) is 17.9 Å². The summed E-state index contributed by atoms with van der Waals surface area (Å²) >= 11 is 5.77. The second-order valence-corrected chi connectivity index (χ2v) is 5.13. The minimum atomic E-state index is -4.35. The number of hydrogen-bond acceptors (Lipinski definition) is 2. The fourth-order valence-corrected chi connectivity index (χ4v) is 2.66. The average Bonchev–Trinajstić information content (AvgIpc) is 2.85. The highest BCUT2D eigenvalue weighted by Gasteiger charge is 2.32. The molecule has 2 unspecified atom stereocenters. The van der Waals surface area contributed by atoms with E-state index in [1.807, 2.05) is 6.92 Å². The molecule has 1 fully saturated rings. The summed E-state index contributed by atoms with van der Waals surface area (Å²) in [6.45, 7) is 2.70. The molecule has 2 nitrogen and oxygen atoms in total. The molecule has 1 saturated heterocycles. The van der Waals surface area contributed by atoms with Crippen LogP contribution in [0.1, 0.15) is 30.9 Å². The minimum absolute atomic E-state index is 0.0383. The number of rotatable bonds is 4. The second kappa shape index (κ2) is 6.22. The summed E-state index contributed by atoms with van der Waals surface area (Å²) in [7, 11) is 0. The molecule has 1 N–H and O–H groups in total. The van der Waals surface area contributed by atoms with Crippen molar-refractivity contribution in [3.05, 3.63) is 29.3 Å². The van der Waals surface area contributed by atoms with Gasteiger partial charge in [0, 0.05) is 18.2 Å². The topological polar surface area (TPSA) is 21.3 Å². The Bertz CT molecular complexity index is 464. The largest absolute Gasteiger partial charge is 0.416 e. The van der Waals surface area contributed by atoms with Crippen LogP contribution in [0.5, 0.6) is 0 Å². The van der Waals surface area contributed by atoms with Crippen LogP contribution in [0.15, 0.2) is 18.2 Å². The number of benzene rings is 1. The summed E-state index contributed by atoms with van der Waals surface area (Å²) in [6, 6.07) is 3.76. The molecule has 0 radical (unpaired) electrons. The molecular weight excluding hydrogens is 291 g/mol. The van der Waals surface area contributed by atoms with Crippen molar-refractivity contribution in [1.29, 1.82) is 0 Å². The Kier molecular flexibility index (Phi) is 4.81. The van der Waals surface area contributed by atoms with Crippen LogP contribution < -0.4 is 5.32 Å². The first-order valence-corrected chi connectivity index (χ1v) is 7.13. The summed E-state index contributed by atoms with van der Waals surface area (Å²) in [6.07, 6.45) is -2.53. The normalized spacial score (nSPS) is 23.1. The lowest BCUT2D eigenvalue weighted by molar-refractivity contribution is -0.137. The molecule has 20 heavy (non-hydrogen) atoms. The van der Waals surface area contributed by atoms with Gasteiger partial charge in [-0.05, 0) is 36.6 Å². The summed E-state index contributed by atoms with van der Waals surface area (Å²) in [4.78, 5) is 0. The summed E-state index contributed by atoms with van der Waals surface area (Å²) in [5.74, 6) is 0.0383. The third-order valence-corrected chi connectivity index (χ3v) is 3.82.